The van der Waals surface area contributed by atoms with Crippen LogP contribution in [0.1, 0.15) is 0 Å². The Bertz CT molecular complexity index is 706. The Hall–Kier alpha value is -3.07. The highest BCUT2D eigenvalue weighted by Crippen LogP contribution is 2.26. The van der Waals surface area contributed by atoms with Crippen LogP contribution in [0.5, 0.6) is 5.75 Å². The summed E-state index contributed by atoms with van der Waals surface area (Å²) >= 11 is 0. The first-order valence-corrected chi connectivity index (χ1v) is 7.90. The number of carbonyl (C=O) groups excluding carboxylic acids is 1. The lowest BCUT2D eigenvalue weighted by Crippen LogP contribution is -2.38. The molecule has 1 aliphatic rings. The number of nitrogens with two attached hydrogens (primary N) is 1. The number of aromatic nitrogens is 2. The molecule has 4 N–H and O–H groups in total. The van der Waals surface area contributed by atoms with E-state index in [1.165, 1.54) is 6.33 Å². The van der Waals surface area contributed by atoms with Crippen LogP contribution in [0.2, 0.25) is 0 Å². The van der Waals surface area contributed by atoms with E-state index >= 15 is 0 Å². The number of morpholine rings is 1. The van der Waals surface area contributed by atoms with Gasteiger partial charge < -0.3 is 20.1 Å². The maximum absolute atomic E-state index is 11.9. The van der Waals surface area contributed by atoms with Gasteiger partial charge in [-0.25, -0.2) is 9.97 Å². The summed E-state index contributed by atoms with van der Waals surface area (Å²) in [6.45, 7) is 2.54. The molecule has 0 spiro atoms. The van der Waals surface area contributed by atoms with Gasteiger partial charge in [-0.05, 0) is 12.1 Å². The van der Waals surface area contributed by atoms with E-state index in [-0.39, 0.29) is 12.5 Å². The highest BCUT2D eigenvalue weighted by atomic mass is 16.5. The Morgan fingerprint density at radius 2 is 2.00 bits per heavy atom. The molecular weight excluding hydrogens is 324 g/mol. The summed E-state index contributed by atoms with van der Waals surface area (Å²) in [7, 11) is 0. The number of para-hydroxylation sites is 1. The molecule has 132 valence electrons. The predicted octanol–water partition coefficient (Wildman–Crippen LogP) is 0.417. The number of ether oxygens (including phenoxy) is 2. The van der Waals surface area contributed by atoms with Gasteiger partial charge in [0.1, 0.15) is 17.8 Å². The molecule has 1 aromatic heterocycles. The fourth-order valence-electron chi connectivity index (χ4n) is 2.34. The molecule has 0 aliphatic carbocycles. The molecule has 1 aromatic carbocycles. The van der Waals surface area contributed by atoms with E-state index in [0.29, 0.717) is 49.4 Å². The number of rotatable bonds is 6. The molecule has 25 heavy (non-hydrogen) atoms. The second kappa shape index (κ2) is 8.15. The van der Waals surface area contributed by atoms with Crippen LogP contribution < -0.4 is 26.2 Å². The maximum Gasteiger partial charge on any atom is 0.276 e. The summed E-state index contributed by atoms with van der Waals surface area (Å²) in [6, 6.07) is 9.09. The summed E-state index contributed by atoms with van der Waals surface area (Å²) in [6.07, 6.45) is 1.40. The minimum absolute atomic E-state index is 0.127. The van der Waals surface area contributed by atoms with Crippen LogP contribution >= 0.6 is 0 Å². The number of nitrogen functional groups attached to an aromatic ring is 1. The fraction of sp³-hybridized carbons (Fsp3) is 0.312. The van der Waals surface area contributed by atoms with Gasteiger partial charge >= 0.3 is 0 Å². The largest absolute Gasteiger partial charge is 0.484 e. The second-order valence-electron chi connectivity index (χ2n) is 5.33. The lowest BCUT2D eigenvalue weighted by Gasteiger charge is -2.28. The third kappa shape index (κ3) is 4.48. The molecule has 1 fully saturated rings. The van der Waals surface area contributed by atoms with Gasteiger partial charge in [-0.15, -0.1) is 0 Å². The van der Waals surface area contributed by atoms with Crippen LogP contribution in [0.25, 0.3) is 0 Å². The van der Waals surface area contributed by atoms with E-state index in [1.54, 1.807) is 12.1 Å². The van der Waals surface area contributed by atoms with Gasteiger partial charge in [0.25, 0.3) is 5.91 Å². The smallest absolute Gasteiger partial charge is 0.276 e. The van der Waals surface area contributed by atoms with Gasteiger partial charge in [0.2, 0.25) is 0 Å². The molecule has 1 saturated heterocycles. The first-order valence-electron chi connectivity index (χ1n) is 7.90. The third-order valence-corrected chi connectivity index (χ3v) is 3.61. The molecule has 0 saturated carbocycles. The summed E-state index contributed by atoms with van der Waals surface area (Å²) in [5.41, 5.74) is 11.7. The fourth-order valence-corrected chi connectivity index (χ4v) is 2.34. The molecule has 0 radical (unpaired) electrons. The zero-order valence-corrected chi connectivity index (χ0v) is 13.6. The highest BCUT2D eigenvalue weighted by Gasteiger charge is 2.18. The molecule has 0 unspecified atom stereocenters. The van der Waals surface area contributed by atoms with Crippen molar-refractivity contribution >= 4 is 23.2 Å². The van der Waals surface area contributed by atoms with Crippen molar-refractivity contribution in [3.8, 4) is 5.75 Å². The number of nitrogens with one attached hydrogen (secondary N) is 2. The standard InChI is InChI=1S/C16H20N6O3/c17-14-15(18-11-19-16(14)22-6-8-24-9-7-22)21-20-13(23)10-25-12-4-2-1-3-5-12/h1-5,11H,6-10,17H2,(H,20,23)(H,18,19,21). The number of benzene rings is 1. The summed E-state index contributed by atoms with van der Waals surface area (Å²) in [4.78, 5) is 22.2. The Morgan fingerprint density at radius 3 is 2.76 bits per heavy atom. The van der Waals surface area contributed by atoms with E-state index in [1.807, 2.05) is 23.1 Å². The molecule has 0 bridgehead atoms. The Morgan fingerprint density at radius 1 is 1.24 bits per heavy atom. The minimum atomic E-state index is -0.352. The van der Waals surface area contributed by atoms with E-state index in [9.17, 15) is 4.79 Å². The number of hydrazine groups is 1. The van der Waals surface area contributed by atoms with Gasteiger partial charge in [-0.3, -0.25) is 15.6 Å². The number of carbonyl (C=O) groups is 1. The van der Waals surface area contributed by atoms with E-state index in [0.717, 1.165) is 0 Å². The van der Waals surface area contributed by atoms with E-state index in [2.05, 4.69) is 20.8 Å². The molecule has 2 heterocycles. The molecule has 9 nitrogen and oxygen atoms in total. The van der Waals surface area contributed by atoms with Crippen molar-refractivity contribution in [3.63, 3.8) is 0 Å². The van der Waals surface area contributed by atoms with Crippen LogP contribution in [-0.4, -0.2) is 48.8 Å². The zero-order valence-electron chi connectivity index (χ0n) is 13.6. The molecule has 2 aromatic rings. The number of amides is 1. The van der Waals surface area contributed by atoms with Crippen LogP contribution in [0.4, 0.5) is 17.3 Å². The summed E-state index contributed by atoms with van der Waals surface area (Å²) in [5, 5.41) is 0. The van der Waals surface area contributed by atoms with Crippen LogP contribution in [0.15, 0.2) is 36.7 Å². The first-order chi connectivity index (χ1) is 12.2. The molecule has 9 heteroatoms. The van der Waals surface area contributed by atoms with Crippen LogP contribution in [0, 0.1) is 0 Å². The lowest BCUT2D eigenvalue weighted by atomic mass is 10.3. The lowest BCUT2D eigenvalue weighted by molar-refractivity contribution is -0.122. The average Bonchev–Trinajstić information content (AvgIpc) is 2.67. The van der Waals surface area contributed by atoms with E-state index < -0.39 is 0 Å². The molecule has 1 aliphatic heterocycles. The monoisotopic (exact) mass is 344 g/mol. The molecular formula is C16H20N6O3. The number of hydrogen-bond donors (Lipinski definition) is 3. The van der Waals surface area contributed by atoms with Crippen molar-refractivity contribution in [3.05, 3.63) is 36.7 Å². The van der Waals surface area contributed by atoms with Crippen molar-refractivity contribution < 1.29 is 14.3 Å². The third-order valence-electron chi connectivity index (χ3n) is 3.61. The number of anilines is 3. The van der Waals surface area contributed by atoms with Crippen molar-refractivity contribution in [1.29, 1.82) is 0 Å². The summed E-state index contributed by atoms with van der Waals surface area (Å²) in [5.74, 6) is 1.23. The number of nitrogens with zero attached hydrogens (tertiary/aromatic N) is 3. The maximum atomic E-state index is 11.9. The quantitative estimate of drug-likeness (QED) is 0.646. The highest BCUT2D eigenvalue weighted by molar-refractivity contribution is 5.81. The van der Waals surface area contributed by atoms with Gasteiger partial charge in [-0.2, -0.15) is 0 Å². The van der Waals surface area contributed by atoms with Gasteiger partial charge in [0.15, 0.2) is 18.2 Å². The second-order valence-corrected chi connectivity index (χ2v) is 5.33. The van der Waals surface area contributed by atoms with Crippen LogP contribution in [-0.2, 0) is 9.53 Å². The van der Waals surface area contributed by atoms with Crippen molar-refractivity contribution in [2.75, 3.05) is 49.0 Å². The Labute approximate surface area is 145 Å². The van der Waals surface area contributed by atoms with Crippen molar-refractivity contribution in [2.45, 2.75) is 0 Å². The normalized spacial score (nSPS) is 14.0. The number of hydrogen-bond acceptors (Lipinski definition) is 8. The molecule has 3 rings (SSSR count). The zero-order chi connectivity index (χ0) is 17.5. The van der Waals surface area contributed by atoms with Gasteiger partial charge in [-0.1, -0.05) is 18.2 Å². The van der Waals surface area contributed by atoms with Crippen molar-refractivity contribution in [1.82, 2.24) is 15.4 Å². The van der Waals surface area contributed by atoms with E-state index in [4.69, 9.17) is 15.2 Å². The SMILES string of the molecule is Nc1c(NNC(=O)COc2ccccc2)ncnc1N1CCOCC1. The van der Waals surface area contributed by atoms with Crippen molar-refractivity contribution in [2.24, 2.45) is 0 Å². The first kappa shape index (κ1) is 16.8. The van der Waals surface area contributed by atoms with Crippen LogP contribution in [0.3, 0.4) is 0 Å². The summed E-state index contributed by atoms with van der Waals surface area (Å²) < 4.78 is 10.7. The minimum Gasteiger partial charge on any atom is -0.484 e. The van der Waals surface area contributed by atoms with Gasteiger partial charge in [0.05, 0.1) is 13.2 Å². The molecule has 0 atom stereocenters. The topological polar surface area (TPSA) is 115 Å². The molecule has 1 amide bonds. The Kier molecular flexibility index (Phi) is 5.47. The average molecular weight is 344 g/mol. The predicted molar refractivity (Wildman–Crippen MR) is 93.2 cm³/mol. The Balaban J connectivity index is 1.54. The van der Waals surface area contributed by atoms with Gasteiger partial charge in [0, 0.05) is 13.1 Å².